The van der Waals surface area contributed by atoms with Crippen LogP contribution >= 0.6 is 22.9 Å². The third-order valence-corrected chi connectivity index (χ3v) is 3.33. The smallest absolute Gasteiger partial charge is 0.224 e. The highest BCUT2D eigenvalue weighted by Gasteiger charge is 2.14. The second-order valence-corrected chi connectivity index (χ2v) is 4.97. The average Bonchev–Trinajstić information content (AvgIpc) is 2.66. The number of rotatable bonds is 5. The zero-order valence-corrected chi connectivity index (χ0v) is 10.6. The number of hydrogen-bond donors (Lipinski definition) is 1. The predicted octanol–water partition coefficient (Wildman–Crippen LogP) is 2.67. The molecular formula is C11H16ClNOS. The molecule has 4 heteroatoms. The Hall–Kier alpha value is -0.540. The van der Waals surface area contributed by atoms with E-state index in [1.54, 1.807) is 11.3 Å². The van der Waals surface area contributed by atoms with Gasteiger partial charge in [-0.05, 0) is 28.3 Å². The number of carbonyl (C=O) groups is 1. The molecule has 0 bridgehead atoms. The first-order valence-electron chi connectivity index (χ1n) is 5.00. The van der Waals surface area contributed by atoms with Gasteiger partial charge in [0.2, 0.25) is 5.91 Å². The number of alkyl halides is 1. The van der Waals surface area contributed by atoms with Gasteiger partial charge in [0, 0.05) is 11.9 Å². The molecule has 1 N–H and O–H groups in total. The van der Waals surface area contributed by atoms with Crippen molar-refractivity contribution in [3.8, 4) is 0 Å². The van der Waals surface area contributed by atoms with Crippen molar-refractivity contribution in [2.24, 2.45) is 5.92 Å². The Bertz CT molecular complexity index is 298. The SMILES string of the molecule is CC(C)C(CCl)NC(=O)Cc1ccsc1. The van der Waals surface area contributed by atoms with Crippen LogP contribution in [-0.4, -0.2) is 17.8 Å². The molecule has 1 aromatic rings. The predicted molar refractivity (Wildman–Crippen MR) is 65.5 cm³/mol. The average molecular weight is 246 g/mol. The van der Waals surface area contributed by atoms with Crippen molar-refractivity contribution in [1.82, 2.24) is 5.32 Å². The lowest BCUT2D eigenvalue weighted by atomic mass is 10.1. The summed E-state index contributed by atoms with van der Waals surface area (Å²) in [5.74, 6) is 0.884. The fourth-order valence-electron chi connectivity index (χ4n) is 1.22. The minimum atomic E-state index is 0.0488. The molecule has 0 aliphatic carbocycles. The second-order valence-electron chi connectivity index (χ2n) is 3.88. The zero-order valence-electron chi connectivity index (χ0n) is 9.00. The van der Waals surface area contributed by atoms with E-state index in [-0.39, 0.29) is 11.9 Å². The molecule has 0 saturated carbocycles. The molecule has 0 aliphatic heterocycles. The molecule has 1 unspecified atom stereocenters. The quantitative estimate of drug-likeness (QED) is 0.794. The number of carbonyl (C=O) groups excluding carboxylic acids is 1. The highest BCUT2D eigenvalue weighted by atomic mass is 35.5. The molecule has 0 radical (unpaired) electrons. The third kappa shape index (κ3) is 4.22. The maximum Gasteiger partial charge on any atom is 0.224 e. The monoisotopic (exact) mass is 245 g/mol. The fourth-order valence-corrected chi connectivity index (χ4v) is 2.32. The second kappa shape index (κ2) is 6.13. The Morgan fingerprint density at radius 3 is 2.80 bits per heavy atom. The van der Waals surface area contributed by atoms with Crippen LogP contribution in [0.25, 0.3) is 0 Å². The highest BCUT2D eigenvalue weighted by Crippen LogP contribution is 2.08. The number of thiophene rings is 1. The van der Waals surface area contributed by atoms with Crippen LogP contribution in [0.1, 0.15) is 19.4 Å². The van der Waals surface area contributed by atoms with Gasteiger partial charge in [-0.15, -0.1) is 11.6 Å². The van der Waals surface area contributed by atoms with Crippen LogP contribution in [0.2, 0.25) is 0 Å². The third-order valence-electron chi connectivity index (χ3n) is 2.26. The van der Waals surface area contributed by atoms with Crippen LogP contribution in [-0.2, 0) is 11.2 Å². The fraction of sp³-hybridized carbons (Fsp3) is 0.545. The van der Waals surface area contributed by atoms with E-state index in [2.05, 4.69) is 19.2 Å². The summed E-state index contributed by atoms with van der Waals surface area (Å²) in [7, 11) is 0. The maximum atomic E-state index is 11.6. The number of amides is 1. The summed E-state index contributed by atoms with van der Waals surface area (Å²) in [6.07, 6.45) is 0.448. The van der Waals surface area contributed by atoms with Gasteiger partial charge in [0.1, 0.15) is 0 Å². The van der Waals surface area contributed by atoms with Crippen molar-refractivity contribution in [2.45, 2.75) is 26.3 Å². The summed E-state index contributed by atoms with van der Waals surface area (Å²) < 4.78 is 0. The van der Waals surface area contributed by atoms with Gasteiger partial charge >= 0.3 is 0 Å². The van der Waals surface area contributed by atoms with E-state index in [1.807, 2.05) is 16.8 Å². The summed E-state index contributed by atoms with van der Waals surface area (Å²) in [4.78, 5) is 11.6. The van der Waals surface area contributed by atoms with Crippen LogP contribution in [0.15, 0.2) is 16.8 Å². The summed E-state index contributed by atoms with van der Waals surface area (Å²) in [5.41, 5.74) is 1.06. The lowest BCUT2D eigenvalue weighted by Gasteiger charge is -2.19. The largest absolute Gasteiger partial charge is 0.352 e. The van der Waals surface area contributed by atoms with E-state index in [1.165, 1.54) is 0 Å². The molecule has 15 heavy (non-hydrogen) atoms. The van der Waals surface area contributed by atoms with Crippen molar-refractivity contribution < 1.29 is 4.79 Å². The zero-order chi connectivity index (χ0) is 11.3. The van der Waals surface area contributed by atoms with Gasteiger partial charge in [0.25, 0.3) is 0 Å². The standard InChI is InChI=1S/C11H16ClNOS/c1-8(2)10(6-12)13-11(14)5-9-3-4-15-7-9/h3-4,7-8,10H,5-6H2,1-2H3,(H,13,14). The first-order chi connectivity index (χ1) is 7.13. The Kier molecular flexibility index (Phi) is 5.12. The van der Waals surface area contributed by atoms with Gasteiger partial charge in [0.05, 0.1) is 6.42 Å². The topological polar surface area (TPSA) is 29.1 Å². The first-order valence-corrected chi connectivity index (χ1v) is 6.47. The molecule has 1 heterocycles. The molecular weight excluding hydrogens is 230 g/mol. The lowest BCUT2D eigenvalue weighted by Crippen LogP contribution is -2.40. The summed E-state index contributed by atoms with van der Waals surface area (Å²) in [6, 6.07) is 2.03. The molecule has 0 aliphatic rings. The van der Waals surface area contributed by atoms with Crippen LogP contribution in [0, 0.1) is 5.92 Å². The van der Waals surface area contributed by atoms with Gasteiger partial charge in [0.15, 0.2) is 0 Å². The molecule has 1 atom stereocenters. The maximum absolute atomic E-state index is 11.6. The van der Waals surface area contributed by atoms with E-state index >= 15 is 0 Å². The molecule has 84 valence electrons. The normalized spacial score (nSPS) is 12.8. The van der Waals surface area contributed by atoms with Gasteiger partial charge in [-0.2, -0.15) is 11.3 Å². The molecule has 1 rings (SSSR count). The molecule has 0 saturated heterocycles. The minimum absolute atomic E-state index is 0.0488. The van der Waals surface area contributed by atoms with Gasteiger partial charge in [-0.1, -0.05) is 13.8 Å². The molecule has 0 fully saturated rings. The van der Waals surface area contributed by atoms with Gasteiger partial charge in [-0.3, -0.25) is 4.79 Å². The number of halogens is 1. The van der Waals surface area contributed by atoms with E-state index in [9.17, 15) is 4.79 Å². The van der Waals surface area contributed by atoms with E-state index in [4.69, 9.17) is 11.6 Å². The molecule has 2 nitrogen and oxygen atoms in total. The van der Waals surface area contributed by atoms with Crippen LogP contribution in [0.5, 0.6) is 0 Å². The van der Waals surface area contributed by atoms with Gasteiger partial charge in [-0.25, -0.2) is 0 Å². The van der Waals surface area contributed by atoms with E-state index in [0.29, 0.717) is 18.2 Å². The molecule has 1 aromatic heterocycles. The molecule has 0 spiro atoms. The Labute approximate surface area is 99.6 Å². The van der Waals surface area contributed by atoms with Crippen LogP contribution < -0.4 is 5.32 Å². The Balaban J connectivity index is 2.41. The Morgan fingerprint density at radius 1 is 1.60 bits per heavy atom. The Morgan fingerprint density at radius 2 is 2.33 bits per heavy atom. The summed E-state index contributed by atoms with van der Waals surface area (Å²) in [5, 5.41) is 6.91. The van der Waals surface area contributed by atoms with Gasteiger partial charge < -0.3 is 5.32 Å². The van der Waals surface area contributed by atoms with Crippen molar-refractivity contribution in [3.05, 3.63) is 22.4 Å². The van der Waals surface area contributed by atoms with Crippen LogP contribution in [0.3, 0.4) is 0 Å². The van der Waals surface area contributed by atoms with E-state index in [0.717, 1.165) is 5.56 Å². The molecule has 0 aromatic carbocycles. The van der Waals surface area contributed by atoms with Crippen LogP contribution in [0.4, 0.5) is 0 Å². The van der Waals surface area contributed by atoms with Crippen molar-refractivity contribution in [3.63, 3.8) is 0 Å². The number of nitrogens with one attached hydrogen (secondary N) is 1. The molecule has 1 amide bonds. The van der Waals surface area contributed by atoms with E-state index < -0.39 is 0 Å². The van der Waals surface area contributed by atoms with Crippen molar-refractivity contribution >= 4 is 28.8 Å². The number of hydrogen-bond acceptors (Lipinski definition) is 2. The summed E-state index contributed by atoms with van der Waals surface area (Å²) >= 11 is 7.38. The summed E-state index contributed by atoms with van der Waals surface area (Å²) in [6.45, 7) is 4.11. The van der Waals surface area contributed by atoms with Crippen molar-refractivity contribution in [1.29, 1.82) is 0 Å². The highest BCUT2D eigenvalue weighted by molar-refractivity contribution is 7.07. The lowest BCUT2D eigenvalue weighted by molar-refractivity contribution is -0.121. The van der Waals surface area contributed by atoms with Crippen molar-refractivity contribution in [2.75, 3.05) is 5.88 Å². The minimum Gasteiger partial charge on any atom is -0.352 e. The first kappa shape index (κ1) is 12.5.